The number of alkyl halides is 3. The zero-order chi connectivity index (χ0) is 16.4. The minimum Gasteiger partial charge on any atom is -0.360 e. The van der Waals surface area contributed by atoms with E-state index in [-0.39, 0.29) is 22.4 Å². The molecule has 0 radical (unpaired) electrons. The molecule has 0 spiro atoms. The minimum absolute atomic E-state index is 0.0419. The van der Waals surface area contributed by atoms with Crippen molar-refractivity contribution in [3.05, 3.63) is 28.1 Å². The number of hydrogen-bond acceptors (Lipinski definition) is 6. The van der Waals surface area contributed by atoms with Crippen molar-refractivity contribution in [2.45, 2.75) is 17.3 Å². The van der Waals surface area contributed by atoms with E-state index in [2.05, 4.69) is 15.0 Å². The van der Waals surface area contributed by atoms with Crippen molar-refractivity contribution in [1.29, 1.82) is 0 Å². The maximum absolute atomic E-state index is 12.4. The van der Waals surface area contributed by atoms with Gasteiger partial charge in [-0.25, -0.2) is 18.1 Å². The average molecular weight is 371 g/mol. The van der Waals surface area contributed by atoms with E-state index in [0.717, 1.165) is 32.9 Å². The van der Waals surface area contributed by atoms with Crippen LogP contribution in [-0.2, 0) is 16.2 Å². The van der Waals surface area contributed by atoms with Gasteiger partial charge in [-0.1, -0.05) is 0 Å². The summed E-state index contributed by atoms with van der Waals surface area (Å²) in [5, 5.41) is 3.65. The Morgan fingerprint density at radius 1 is 1.27 bits per heavy atom. The number of aryl methyl sites for hydroxylation is 1. The van der Waals surface area contributed by atoms with E-state index < -0.39 is 21.9 Å². The Balaban J connectivity index is 1.83. The zero-order valence-corrected chi connectivity index (χ0v) is 13.7. The van der Waals surface area contributed by atoms with Crippen LogP contribution < -0.4 is 10.0 Å². The van der Waals surface area contributed by atoms with Crippen LogP contribution in [0.4, 0.5) is 18.3 Å². The topological polar surface area (TPSA) is 71.1 Å². The predicted octanol–water partition coefficient (Wildman–Crippen LogP) is 2.92. The van der Waals surface area contributed by atoms with Crippen LogP contribution in [0.15, 0.2) is 21.7 Å². The molecule has 0 fully saturated rings. The number of sulfonamides is 1. The number of hydrogen-bond donors (Lipinski definition) is 2. The van der Waals surface area contributed by atoms with Gasteiger partial charge >= 0.3 is 6.18 Å². The number of rotatable bonds is 6. The van der Waals surface area contributed by atoms with Crippen LogP contribution in [-0.4, -0.2) is 26.5 Å². The first-order chi connectivity index (χ1) is 10.2. The average Bonchev–Trinajstić information content (AvgIpc) is 3.03. The van der Waals surface area contributed by atoms with Crippen LogP contribution in [0.2, 0.25) is 0 Å². The molecule has 0 unspecified atom stereocenters. The van der Waals surface area contributed by atoms with Gasteiger partial charge in [0.15, 0.2) is 10.8 Å². The molecule has 22 heavy (non-hydrogen) atoms. The van der Waals surface area contributed by atoms with Gasteiger partial charge in [0, 0.05) is 23.3 Å². The van der Waals surface area contributed by atoms with Crippen molar-refractivity contribution < 1.29 is 21.6 Å². The molecule has 11 heteroatoms. The van der Waals surface area contributed by atoms with Crippen LogP contribution in [0.25, 0.3) is 0 Å². The zero-order valence-electron chi connectivity index (χ0n) is 11.3. The smallest absolute Gasteiger partial charge is 0.360 e. The first kappa shape index (κ1) is 17.2. The quantitative estimate of drug-likeness (QED) is 0.766. The first-order valence-electron chi connectivity index (χ1n) is 6.01. The van der Waals surface area contributed by atoms with Gasteiger partial charge in [-0.05, 0) is 19.1 Å². The molecule has 122 valence electrons. The Morgan fingerprint density at radius 3 is 2.55 bits per heavy atom. The summed E-state index contributed by atoms with van der Waals surface area (Å²) in [5.74, 6) is 0. The summed E-state index contributed by atoms with van der Waals surface area (Å²) in [5.41, 5.74) is -0.963. The highest BCUT2D eigenvalue weighted by Gasteiger charge is 2.33. The number of thiophene rings is 1. The summed E-state index contributed by atoms with van der Waals surface area (Å²) < 4.78 is 63.5. The number of nitrogens with zero attached hydrogens (tertiary/aromatic N) is 1. The summed E-state index contributed by atoms with van der Waals surface area (Å²) in [6.45, 7) is 1.97. The molecular formula is C11H12F3N3O2S3. The van der Waals surface area contributed by atoms with Gasteiger partial charge in [0.05, 0.1) is 0 Å². The van der Waals surface area contributed by atoms with Crippen molar-refractivity contribution in [3.63, 3.8) is 0 Å². The van der Waals surface area contributed by atoms with E-state index in [1.807, 2.05) is 0 Å². The van der Waals surface area contributed by atoms with Crippen LogP contribution in [0.1, 0.15) is 10.6 Å². The van der Waals surface area contributed by atoms with Gasteiger partial charge < -0.3 is 5.32 Å². The molecule has 2 aromatic heterocycles. The Hall–Kier alpha value is -1.17. The number of anilines is 1. The van der Waals surface area contributed by atoms with Crippen LogP contribution in [0, 0.1) is 6.92 Å². The molecule has 0 aliphatic heterocycles. The van der Waals surface area contributed by atoms with Gasteiger partial charge in [-0.3, -0.25) is 0 Å². The molecule has 0 saturated heterocycles. The van der Waals surface area contributed by atoms with Crippen molar-refractivity contribution >= 4 is 37.8 Å². The van der Waals surface area contributed by atoms with E-state index in [4.69, 9.17) is 0 Å². The molecule has 5 nitrogen and oxygen atoms in total. The molecule has 2 heterocycles. The fourth-order valence-corrected chi connectivity index (χ4v) is 4.57. The Morgan fingerprint density at radius 2 is 2.00 bits per heavy atom. The highest BCUT2D eigenvalue weighted by Crippen LogP contribution is 2.31. The van der Waals surface area contributed by atoms with Crippen molar-refractivity contribution in [2.24, 2.45) is 0 Å². The highest BCUT2D eigenvalue weighted by molar-refractivity contribution is 7.91. The van der Waals surface area contributed by atoms with Gasteiger partial charge in [-0.15, -0.1) is 22.7 Å². The second-order valence-corrected chi connectivity index (χ2v) is 8.37. The molecule has 0 aliphatic rings. The Kier molecular flexibility index (Phi) is 5.10. The van der Waals surface area contributed by atoms with E-state index >= 15 is 0 Å². The van der Waals surface area contributed by atoms with Gasteiger partial charge in [-0.2, -0.15) is 13.2 Å². The maximum Gasteiger partial charge on any atom is 0.434 e. The SMILES string of the molecule is Cc1ccc(S(=O)(=O)NCCNc2nc(C(F)(F)F)cs2)s1. The number of thiazole rings is 1. The van der Waals surface area contributed by atoms with Gasteiger partial charge in [0.25, 0.3) is 0 Å². The third-order valence-electron chi connectivity index (χ3n) is 2.47. The highest BCUT2D eigenvalue weighted by atomic mass is 32.2. The largest absolute Gasteiger partial charge is 0.434 e. The second-order valence-electron chi connectivity index (χ2n) is 4.23. The molecule has 2 N–H and O–H groups in total. The van der Waals surface area contributed by atoms with E-state index in [1.165, 1.54) is 6.07 Å². The van der Waals surface area contributed by atoms with Crippen LogP contribution >= 0.6 is 22.7 Å². The summed E-state index contributed by atoms with van der Waals surface area (Å²) in [4.78, 5) is 4.26. The lowest BCUT2D eigenvalue weighted by atomic mass is 10.5. The predicted molar refractivity (Wildman–Crippen MR) is 79.9 cm³/mol. The standard InChI is InChI=1S/C11H12F3N3O2S3/c1-7-2-3-9(21-7)22(18,19)16-5-4-15-10-17-8(6-20-10)11(12,13)14/h2-3,6,16H,4-5H2,1H3,(H,15,17). The molecule has 0 saturated carbocycles. The molecule has 0 amide bonds. The van der Waals surface area contributed by atoms with Crippen molar-refractivity contribution in [3.8, 4) is 0 Å². The van der Waals surface area contributed by atoms with E-state index in [0.29, 0.717) is 0 Å². The Labute approximate surface area is 133 Å². The summed E-state index contributed by atoms with van der Waals surface area (Å²) >= 11 is 1.97. The number of nitrogens with one attached hydrogen (secondary N) is 2. The molecule has 0 aromatic carbocycles. The summed E-state index contributed by atoms with van der Waals surface area (Å²) in [6.07, 6.45) is -4.48. The summed E-state index contributed by atoms with van der Waals surface area (Å²) in [7, 11) is -3.58. The van der Waals surface area contributed by atoms with Crippen LogP contribution in [0.3, 0.4) is 0 Å². The molecule has 0 atom stereocenters. The molecule has 2 rings (SSSR count). The number of aromatic nitrogens is 1. The first-order valence-corrected chi connectivity index (χ1v) is 9.19. The fourth-order valence-electron chi connectivity index (χ4n) is 1.47. The lowest BCUT2D eigenvalue weighted by molar-refractivity contribution is -0.140. The van der Waals surface area contributed by atoms with Crippen molar-refractivity contribution in [2.75, 3.05) is 18.4 Å². The monoisotopic (exact) mass is 371 g/mol. The number of halogens is 3. The van der Waals surface area contributed by atoms with Gasteiger partial charge in [0.2, 0.25) is 10.0 Å². The van der Waals surface area contributed by atoms with Gasteiger partial charge in [0.1, 0.15) is 4.21 Å². The Bertz CT molecular complexity index is 737. The van der Waals surface area contributed by atoms with Crippen molar-refractivity contribution in [1.82, 2.24) is 9.71 Å². The second kappa shape index (κ2) is 6.52. The molecule has 0 bridgehead atoms. The maximum atomic E-state index is 12.4. The molecular weight excluding hydrogens is 359 g/mol. The third kappa shape index (κ3) is 4.41. The fraction of sp³-hybridized carbons (Fsp3) is 0.364. The lowest BCUT2D eigenvalue weighted by Gasteiger charge is -2.05. The van der Waals surface area contributed by atoms with E-state index in [9.17, 15) is 21.6 Å². The van der Waals surface area contributed by atoms with E-state index in [1.54, 1.807) is 13.0 Å². The minimum atomic E-state index is -4.48. The van der Waals surface area contributed by atoms with Crippen LogP contribution in [0.5, 0.6) is 0 Å². The third-order valence-corrected chi connectivity index (χ3v) is 6.22. The molecule has 2 aromatic rings. The normalized spacial score (nSPS) is 12.5. The lowest BCUT2D eigenvalue weighted by Crippen LogP contribution is -2.28. The molecule has 0 aliphatic carbocycles. The summed E-state index contributed by atoms with van der Waals surface area (Å²) in [6, 6.07) is 3.21.